The van der Waals surface area contributed by atoms with Gasteiger partial charge in [-0.2, -0.15) is 0 Å². The molecule has 0 aliphatic carbocycles. The van der Waals surface area contributed by atoms with E-state index in [9.17, 15) is 4.79 Å². The normalized spacial score (nSPS) is 10.2. The number of carbonyl (C=O) groups excluding carboxylic acids is 1. The van der Waals surface area contributed by atoms with Gasteiger partial charge in [0.15, 0.2) is 0 Å². The van der Waals surface area contributed by atoms with Crippen LogP contribution in [0.2, 0.25) is 5.02 Å². The molecule has 0 aliphatic rings. The van der Waals surface area contributed by atoms with Crippen LogP contribution in [0.3, 0.4) is 0 Å². The van der Waals surface area contributed by atoms with Gasteiger partial charge in [0.25, 0.3) is 5.91 Å². The number of nitrogens with one attached hydrogen (secondary N) is 1. The molecule has 2 aromatic carbocycles. The minimum atomic E-state index is -0.311. The first-order valence-electron chi connectivity index (χ1n) is 5.70. The van der Waals surface area contributed by atoms with Crippen molar-refractivity contribution >= 4 is 34.6 Å². The summed E-state index contributed by atoms with van der Waals surface area (Å²) in [5.41, 5.74) is 14.1. The largest absolute Gasteiger partial charge is 0.399 e. The summed E-state index contributed by atoms with van der Waals surface area (Å²) in [5.74, 6) is -0.311. The van der Waals surface area contributed by atoms with Gasteiger partial charge in [-0.1, -0.05) is 23.7 Å². The summed E-state index contributed by atoms with van der Waals surface area (Å²) < 4.78 is 0. The molecule has 5 N–H and O–H groups in total. The summed E-state index contributed by atoms with van der Waals surface area (Å²) in [5, 5.41) is 3.25. The summed E-state index contributed by atoms with van der Waals surface area (Å²) in [7, 11) is 0. The van der Waals surface area contributed by atoms with Crippen molar-refractivity contribution in [3.05, 3.63) is 52.5 Å². The fourth-order valence-corrected chi connectivity index (χ4v) is 2.03. The number of hydrogen-bond donors (Lipinski definition) is 3. The Morgan fingerprint density at radius 3 is 2.58 bits per heavy atom. The molecular weight excluding hydrogens is 262 g/mol. The first-order chi connectivity index (χ1) is 8.99. The maximum Gasteiger partial charge on any atom is 0.257 e. The molecule has 0 heterocycles. The third-order valence-electron chi connectivity index (χ3n) is 2.78. The molecule has 0 spiro atoms. The molecule has 0 fully saturated rings. The van der Waals surface area contributed by atoms with E-state index in [1.807, 2.05) is 19.1 Å². The van der Waals surface area contributed by atoms with Crippen molar-refractivity contribution in [1.82, 2.24) is 0 Å². The molecule has 5 heteroatoms. The quantitative estimate of drug-likeness (QED) is 0.737. The Bertz CT molecular complexity index is 620. The SMILES string of the molecule is Cc1cccc(Cl)c1NC(=O)c1ccc(N)cc1N. The average molecular weight is 276 g/mol. The Kier molecular flexibility index (Phi) is 3.62. The fraction of sp³-hybridized carbons (Fsp3) is 0.0714. The lowest BCUT2D eigenvalue weighted by Crippen LogP contribution is -2.15. The van der Waals surface area contributed by atoms with Crippen molar-refractivity contribution < 1.29 is 4.79 Å². The molecular formula is C14H14ClN3O. The van der Waals surface area contributed by atoms with Crippen molar-refractivity contribution in [2.45, 2.75) is 6.92 Å². The average Bonchev–Trinajstić information content (AvgIpc) is 2.33. The monoisotopic (exact) mass is 275 g/mol. The van der Waals surface area contributed by atoms with E-state index in [0.717, 1.165) is 5.56 Å². The minimum absolute atomic E-state index is 0.311. The van der Waals surface area contributed by atoms with Gasteiger partial charge in [0.2, 0.25) is 0 Å². The Morgan fingerprint density at radius 1 is 1.21 bits per heavy atom. The van der Waals surface area contributed by atoms with Crippen molar-refractivity contribution in [2.75, 3.05) is 16.8 Å². The number of carbonyl (C=O) groups is 1. The molecule has 0 aromatic heterocycles. The van der Waals surface area contributed by atoms with Gasteiger partial charge in [0.1, 0.15) is 0 Å². The van der Waals surface area contributed by atoms with Crippen LogP contribution in [0.1, 0.15) is 15.9 Å². The highest BCUT2D eigenvalue weighted by Crippen LogP contribution is 2.26. The summed E-state index contributed by atoms with van der Waals surface area (Å²) >= 11 is 6.06. The molecule has 0 aliphatic heterocycles. The van der Waals surface area contributed by atoms with Crippen LogP contribution in [0.25, 0.3) is 0 Å². The highest BCUT2D eigenvalue weighted by atomic mass is 35.5. The first-order valence-corrected chi connectivity index (χ1v) is 6.08. The lowest BCUT2D eigenvalue weighted by Gasteiger charge is -2.11. The minimum Gasteiger partial charge on any atom is -0.399 e. The van der Waals surface area contributed by atoms with E-state index < -0.39 is 0 Å². The van der Waals surface area contributed by atoms with E-state index >= 15 is 0 Å². The summed E-state index contributed by atoms with van der Waals surface area (Å²) in [6, 6.07) is 10.2. The molecule has 19 heavy (non-hydrogen) atoms. The molecule has 0 radical (unpaired) electrons. The Balaban J connectivity index is 2.31. The highest BCUT2D eigenvalue weighted by Gasteiger charge is 2.13. The fourth-order valence-electron chi connectivity index (χ4n) is 1.76. The second-order valence-corrected chi connectivity index (χ2v) is 4.64. The Morgan fingerprint density at radius 2 is 1.95 bits per heavy atom. The molecule has 0 bridgehead atoms. The second kappa shape index (κ2) is 5.20. The van der Waals surface area contributed by atoms with Gasteiger partial charge in [-0.25, -0.2) is 0 Å². The molecule has 0 unspecified atom stereocenters. The lowest BCUT2D eigenvalue weighted by molar-refractivity contribution is 0.102. The molecule has 1 amide bonds. The van der Waals surface area contributed by atoms with Gasteiger partial charge in [-0.05, 0) is 36.8 Å². The van der Waals surface area contributed by atoms with Crippen LogP contribution in [0, 0.1) is 6.92 Å². The van der Waals surface area contributed by atoms with E-state index in [2.05, 4.69) is 5.32 Å². The molecule has 0 atom stereocenters. The number of amides is 1. The number of benzene rings is 2. The maximum absolute atomic E-state index is 12.2. The molecule has 4 nitrogen and oxygen atoms in total. The van der Waals surface area contributed by atoms with Crippen molar-refractivity contribution in [2.24, 2.45) is 0 Å². The van der Waals surface area contributed by atoms with Crippen molar-refractivity contribution in [3.63, 3.8) is 0 Å². The van der Waals surface area contributed by atoms with Crippen LogP contribution in [-0.4, -0.2) is 5.91 Å². The van der Waals surface area contributed by atoms with Crippen molar-refractivity contribution in [1.29, 1.82) is 0 Å². The zero-order valence-corrected chi connectivity index (χ0v) is 11.2. The smallest absolute Gasteiger partial charge is 0.257 e. The number of hydrogen-bond acceptors (Lipinski definition) is 3. The zero-order chi connectivity index (χ0) is 14.0. The Hall–Kier alpha value is -2.20. The highest BCUT2D eigenvalue weighted by molar-refractivity contribution is 6.34. The van der Waals surface area contributed by atoms with E-state index in [-0.39, 0.29) is 5.91 Å². The molecule has 2 rings (SSSR count). The number of rotatable bonds is 2. The van der Waals surface area contributed by atoms with E-state index in [1.165, 1.54) is 0 Å². The zero-order valence-electron chi connectivity index (χ0n) is 10.4. The third-order valence-corrected chi connectivity index (χ3v) is 3.10. The summed E-state index contributed by atoms with van der Waals surface area (Å²) in [6.45, 7) is 1.87. The number of anilines is 3. The van der Waals surface area contributed by atoms with E-state index in [1.54, 1.807) is 24.3 Å². The van der Waals surface area contributed by atoms with E-state index in [4.69, 9.17) is 23.1 Å². The van der Waals surface area contributed by atoms with Gasteiger partial charge in [-0.3, -0.25) is 4.79 Å². The standard InChI is InChI=1S/C14H14ClN3O/c1-8-3-2-4-11(15)13(8)18-14(19)10-6-5-9(16)7-12(10)17/h2-7H,16-17H2,1H3,(H,18,19). The van der Waals surface area contributed by atoms with Crippen LogP contribution in [0.4, 0.5) is 17.1 Å². The van der Waals surface area contributed by atoms with Gasteiger partial charge >= 0.3 is 0 Å². The number of para-hydroxylation sites is 1. The van der Waals surface area contributed by atoms with Crippen LogP contribution in [0.5, 0.6) is 0 Å². The van der Waals surface area contributed by atoms with Crippen LogP contribution < -0.4 is 16.8 Å². The lowest BCUT2D eigenvalue weighted by atomic mass is 10.1. The Labute approximate surface area is 116 Å². The van der Waals surface area contributed by atoms with Gasteiger partial charge in [0.05, 0.1) is 16.3 Å². The molecule has 0 saturated heterocycles. The predicted molar refractivity (Wildman–Crippen MR) is 79.4 cm³/mol. The molecule has 0 saturated carbocycles. The second-order valence-electron chi connectivity index (χ2n) is 4.23. The number of nitrogens with two attached hydrogens (primary N) is 2. The topological polar surface area (TPSA) is 81.1 Å². The third kappa shape index (κ3) is 2.80. The van der Waals surface area contributed by atoms with Gasteiger partial charge < -0.3 is 16.8 Å². The van der Waals surface area contributed by atoms with Crippen LogP contribution in [-0.2, 0) is 0 Å². The van der Waals surface area contributed by atoms with Crippen LogP contribution >= 0.6 is 11.6 Å². The van der Waals surface area contributed by atoms with E-state index in [0.29, 0.717) is 27.6 Å². The maximum atomic E-state index is 12.2. The number of aryl methyl sites for hydroxylation is 1. The molecule has 98 valence electrons. The molecule has 2 aromatic rings. The predicted octanol–water partition coefficient (Wildman–Crippen LogP) is 3.07. The number of halogens is 1. The van der Waals surface area contributed by atoms with Crippen LogP contribution in [0.15, 0.2) is 36.4 Å². The van der Waals surface area contributed by atoms with Gasteiger partial charge in [-0.15, -0.1) is 0 Å². The summed E-state index contributed by atoms with van der Waals surface area (Å²) in [4.78, 5) is 12.2. The van der Waals surface area contributed by atoms with Gasteiger partial charge in [0, 0.05) is 11.4 Å². The summed E-state index contributed by atoms with van der Waals surface area (Å²) in [6.07, 6.45) is 0. The number of nitrogen functional groups attached to an aromatic ring is 2. The van der Waals surface area contributed by atoms with Crippen molar-refractivity contribution in [3.8, 4) is 0 Å². The first kappa shape index (κ1) is 13.2.